The predicted molar refractivity (Wildman–Crippen MR) is 74.0 cm³/mol. The molecule has 0 aromatic heterocycles. The van der Waals surface area contributed by atoms with Crippen molar-refractivity contribution in [3.05, 3.63) is 63.7 Å². The second-order valence-corrected chi connectivity index (χ2v) is 4.22. The van der Waals surface area contributed by atoms with Gasteiger partial charge in [-0.2, -0.15) is 0 Å². The first-order valence-corrected chi connectivity index (χ1v) is 6.01. The van der Waals surface area contributed by atoms with Crippen LogP contribution in [0, 0.1) is 21.7 Å². The number of nitro groups is 1. The van der Waals surface area contributed by atoms with E-state index in [4.69, 9.17) is 4.74 Å². The molecule has 1 N–H and O–H groups in total. The molecule has 0 atom stereocenters. The van der Waals surface area contributed by atoms with E-state index >= 15 is 0 Å². The smallest absolute Gasteiger partial charge is 0.271 e. The van der Waals surface area contributed by atoms with Crippen LogP contribution in [0.4, 0.5) is 20.2 Å². The van der Waals surface area contributed by atoms with Gasteiger partial charge in [-0.3, -0.25) is 14.9 Å². The van der Waals surface area contributed by atoms with E-state index in [0.717, 1.165) is 18.2 Å². The summed E-state index contributed by atoms with van der Waals surface area (Å²) in [6.45, 7) is 0. The molecule has 0 spiro atoms. The number of non-ortho nitro benzene ring substituents is 1. The molecule has 0 radical (unpaired) electrons. The zero-order valence-electron chi connectivity index (χ0n) is 11.3. The second-order valence-electron chi connectivity index (χ2n) is 4.22. The Hall–Kier alpha value is -3.03. The Balaban J connectivity index is 2.34. The van der Waals surface area contributed by atoms with Crippen LogP contribution >= 0.6 is 0 Å². The number of carbonyl (C=O) groups excluding carboxylic acids is 1. The summed E-state index contributed by atoms with van der Waals surface area (Å²) in [5, 5.41) is 13.1. The fraction of sp³-hybridized carbons (Fsp3) is 0.0714. The molecular formula is C14H10F2N2O4. The van der Waals surface area contributed by atoms with Gasteiger partial charge >= 0.3 is 0 Å². The molecule has 0 bridgehead atoms. The van der Waals surface area contributed by atoms with Gasteiger partial charge in [0.2, 0.25) is 0 Å². The first-order valence-electron chi connectivity index (χ1n) is 6.01. The van der Waals surface area contributed by atoms with E-state index < -0.39 is 28.0 Å². The number of hydrogen-bond donors (Lipinski definition) is 1. The number of methoxy groups -OCH3 is 1. The van der Waals surface area contributed by atoms with Crippen molar-refractivity contribution in [3.8, 4) is 5.75 Å². The molecule has 0 aliphatic carbocycles. The van der Waals surface area contributed by atoms with Gasteiger partial charge in [0, 0.05) is 18.2 Å². The van der Waals surface area contributed by atoms with Crippen molar-refractivity contribution in [2.24, 2.45) is 0 Å². The van der Waals surface area contributed by atoms with Crippen molar-refractivity contribution in [3.63, 3.8) is 0 Å². The summed E-state index contributed by atoms with van der Waals surface area (Å²) in [7, 11) is 1.31. The topological polar surface area (TPSA) is 81.5 Å². The van der Waals surface area contributed by atoms with Crippen molar-refractivity contribution in [2.75, 3.05) is 12.4 Å². The molecule has 1 amide bonds. The van der Waals surface area contributed by atoms with Gasteiger partial charge in [0.25, 0.3) is 11.6 Å². The lowest BCUT2D eigenvalue weighted by molar-refractivity contribution is -0.384. The van der Waals surface area contributed by atoms with Gasteiger partial charge in [0.05, 0.1) is 23.3 Å². The quantitative estimate of drug-likeness (QED) is 0.695. The predicted octanol–water partition coefficient (Wildman–Crippen LogP) is 3.13. The Labute approximate surface area is 123 Å². The standard InChI is InChI=1S/C14H10F2N2O4/c1-22-13-5-3-9(18(20)21)7-12(13)17-14(19)10-4-2-8(15)6-11(10)16/h2-7H,1H3,(H,17,19). The first kappa shape index (κ1) is 15.4. The van der Waals surface area contributed by atoms with Crippen LogP contribution in [0.1, 0.15) is 10.4 Å². The van der Waals surface area contributed by atoms with Crippen molar-refractivity contribution in [1.29, 1.82) is 0 Å². The Morgan fingerprint density at radius 3 is 2.55 bits per heavy atom. The van der Waals surface area contributed by atoms with Gasteiger partial charge in [0.15, 0.2) is 0 Å². The minimum atomic E-state index is -1.04. The molecule has 0 aliphatic rings. The van der Waals surface area contributed by atoms with Crippen LogP contribution in [-0.2, 0) is 0 Å². The lowest BCUT2D eigenvalue weighted by Crippen LogP contribution is -2.14. The van der Waals surface area contributed by atoms with Crippen LogP contribution in [0.25, 0.3) is 0 Å². The average Bonchev–Trinajstić information content (AvgIpc) is 2.46. The molecule has 2 aromatic rings. The number of hydrogen-bond acceptors (Lipinski definition) is 4. The van der Waals surface area contributed by atoms with Crippen LogP contribution in [0.2, 0.25) is 0 Å². The summed E-state index contributed by atoms with van der Waals surface area (Å²) in [6.07, 6.45) is 0. The highest BCUT2D eigenvalue weighted by Gasteiger charge is 2.17. The highest BCUT2D eigenvalue weighted by molar-refractivity contribution is 6.05. The van der Waals surface area contributed by atoms with Crippen LogP contribution in [0.5, 0.6) is 5.75 Å². The summed E-state index contributed by atoms with van der Waals surface area (Å²) in [5.74, 6) is -2.57. The highest BCUT2D eigenvalue weighted by atomic mass is 19.1. The van der Waals surface area contributed by atoms with Crippen molar-refractivity contribution in [2.45, 2.75) is 0 Å². The first-order chi connectivity index (χ1) is 10.4. The zero-order chi connectivity index (χ0) is 16.3. The van der Waals surface area contributed by atoms with Crippen molar-refractivity contribution >= 4 is 17.3 Å². The summed E-state index contributed by atoms with van der Waals surface area (Å²) < 4.78 is 31.4. The highest BCUT2D eigenvalue weighted by Crippen LogP contribution is 2.29. The van der Waals surface area contributed by atoms with Gasteiger partial charge in [-0.25, -0.2) is 8.78 Å². The molecule has 0 saturated carbocycles. The number of halogens is 2. The number of rotatable bonds is 4. The van der Waals surface area contributed by atoms with E-state index in [-0.39, 0.29) is 17.1 Å². The number of benzene rings is 2. The third-order valence-corrected chi connectivity index (χ3v) is 2.82. The van der Waals surface area contributed by atoms with E-state index in [0.29, 0.717) is 6.07 Å². The summed E-state index contributed by atoms with van der Waals surface area (Å²) in [6, 6.07) is 6.06. The Morgan fingerprint density at radius 1 is 1.23 bits per heavy atom. The fourth-order valence-electron chi connectivity index (χ4n) is 1.77. The zero-order valence-corrected chi connectivity index (χ0v) is 11.3. The molecule has 0 unspecified atom stereocenters. The Bertz CT molecular complexity index is 750. The van der Waals surface area contributed by atoms with E-state index in [9.17, 15) is 23.7 Å². The van der Waals surface area contributed by atoms with Gasteiger partial charge in [-0.05, 0) is 18.2 Å². The van der Waals surface area contributed by atoms with Gasteiger partial charge < -0.3 is 10.1 Å². The number of anilines is 1. The van der Waals surface area contributed by atoms with Crippen molar-refractivity contribution < 1.29 is 23.2 Å². The number of nitrogens with zero attached hydrogens (tertiary/aromatic N) is 1. The lowest BCUT2D eigenvalue weighted by Gasteiger charge is -2.10. The van der Waals surface area contributed by atoms with Crippen LogP contribution in [0.15, 0.2) is 36.4 Å². The minimum absolute atomic E-state index is 0.00502. The Kier molecular flexibility index (Phi) is 4.31. The largest absolute Gasteiger partial charge is 0.495 e. The SMILES string of the molecule is COc1ccc([N+](=O)[O-])cc1NC(=O)c1ccc(F)cc1F. The maximum absolute atomic E-state index is 13.6. The summed E-state index contributed by atoms with van der Waals surface area (Å²) in [5.41, 5.74) is -0.656. The number of amides is 1. The van der Waals surface area contributed by atoms with E-state index in [1.54, 1.807) is 0 Å². The average molecular weight is 308 g/mol. The van der Waals surface area contributed by atoms with E-state index in [1.807, 2.05) is 0 Å². The van der Waals surface area contributed by atoms with E-state index in [1.165, 1.54) is 19.2 Å². The molecule has 2 rings (SSSR count). The fourth-order valence-corrected chi connectivity index (χ4v) is 1.77. The van der Waals surface area contributed by atoms with Crippen LogP contribution < -0.4 is 10.1 Å². The van der Waals surface area contributed by atoms with E-state index in [2.05, 4.69) is 5.32 Å². The monoisotopic (exact) mass is 308 g/mol. The molecular weight excluding hydrogens is 298 g/mol. The molecule has 0 aliphatic heterocycles. The van der Waals surface area contributed by atoms with Gasteiger partial charge in [0.1, 0.15) is 17.4 Å². The number of ether oxygens (including phenoxy) is 1. The number of nitro benzene ring substituents is 1. The number of nitrogens with one attached hydrogen (secondary N) is 1. The third kappa shape index (κ3) is 3.17. The minimum Gasteiger partial charge on any atom is -0.495 e. The molecule has 0 heterocycles. The molecule has 0 fully saturated rings. The van der Waals surface area contributed by atoms with Gasteiger partial charge in [-0.15, -0.1) is 0 Å². The maximum Gasteiger partial charge on any atom is 0.271 e. The molecule has 2 aromatic carbocycles. The molecule has 114 valence electrons. The number of carbonyl (C=O) groups is 1. The molecule has 0 saturated heterocycles. The second kappa shape index (κ2) is 6.17. The van der Waals surface area contributed by atoms with Crippen LogP contribution in [0.3, 0.4) is 0 Å². The molecule has 8 heteroatoms. The Morgan fingerprint density at radius 2 is 1.95 bits per heavy atom. The summed E-state index contributed by atoms with van der Waals surface area (Å²) >= 11 is 0. The normalized spacial score (nSPS) is 10.1. The van der Waals surface area contributed by atoms with Crippen LogP contribution in [-0.4, -0.2) is 17.9 Å². The van der Waals surface area contributed by atoms with Gasteiger partial charge in [-0.1, -0.05) is 0 Å². The summed E-state index contributed by atoms with van der Waals surface area (Å²) in [4.78, 5) is 22.1. The maximum atomic E-state index is 13.6. The van der Waals surface area contributed by atoms with Crippen molar-refractivity contribution in [1.82, 2.24) is 0 Å². The third-order valence-electron chi connectivity index (χ3n) is 2.82. The molecule has 6 nitrogen and oxygen atoms in total. The lowest BCUT2D eigenvalue weighted by atomic mass is 10.2. The molecule has 22 heavy (non-hydrogen) atoms.